The number of carbonyl (C=O) groups excluding carboxylic acids is 1. The number of ether oxygens (including phenoxy) is 1. The first-order chi connectivity index (χ1) is 12.4. The molecule has 2 rings (SSSR count). The van der Waals surface area contributed by atoms with Crippen LogP contribution in [0.25, 0.3) is 0 Å². The number of carbonyl (C=O) groups is 1. The van der Waals surface area contributed by atoms with E-state index in [-0.39, 0.29) is 23.0 Å². The summed E-state index contributed by atoms with van der Waals surface area (Å²) >= 11 is 5.84. The lowest BCUT2D eigenvalue weighted by Crippen LogP contribution is -2.31. The molecule has 1 aromatic heterocycles. The molecule has 0 N–H and O–H groups in total. The van der Waals surface area contributed by atoms with Gasteiger partial charge in [0.05, 0.1) is 18.6 Å². The van der Waals surface area contributed by atoms with Gasteiger partial charge in [-0.3, -0.25) is 0 Å². The quantitative estimate of drug-likeness (QED) is 0.472. The number of unbranched alkanes of at least 4 members (excludes halogenated alkanes) is 2. The molecule has 26 heavy (non-hydrogen) atoms. The Morgan fingerprint density at radius 3 is 2.58 bits per heavy atom. The van der Waals surface area contributed by atoms with Crippen molar-refractivity contribution in [3.05, 3.63) is 47.1 Å². The predicted octanol–water partition coefficient (Wildman–Crippen LogP) is 3.50. The Balaban J connectivity index is 2.26. The fourth-order valence-electron chi connectivity index (χ4n) is 2.31. The molecule has 0 saturated carbocycles. The number of hydrogen-bond acceptors (Lipinski definition) is 6. The van der Waals surface area contributed by atoms with Gasteiger partial charge in [-0.15, -0.1) is 0 Å². The summed E-state index contributed by atoms with van der Waals surface area (Å²) in [5.74, 6) is -0.516. The maximum absolute atomic E-state index is 13.0. The molecule has 1 aromatic carbocycles. The van der Waals surface area contributed by atoms with Crippen molar-refractivity contribution >= 4 is 27.6 Å². The van der Waals surface area contributed by atoms with Gasteiger partial charge < -0.3 is 9.15 Å². The molecule has 0 radical (unpaired) electrons. The molecule has 0 fully saturated rings. The van der Waals surface area contributed by atoms with Gasteiger partial charge in [-0.25, -0.2) is 18.2 Å². The van der Waals surface area contributed by atoms with Crippen LogP contribution in [0, 0.1) is 0 Å². The minimum Gasteiger partial charge on any atom is -0.464 e. The molecule has 0 unspecified atom stereocenters. The van der Waals surface area contributed by atoms with Gasteiger partial charge in [0.25, 0.3) is 0 Å². The number of aromatic nitrogens is 1. The van der Waals surface area contributed by atoms with Crippen LogP contribution in [0.2, 0.25) is 5.02 Å². The van der Waals surface area contributed by atoms with E-state index in [1.165, 1.54) is 35.7 Å². The van der Waals surface area contributed by atoms with E-state index in [0.29, 0.717) is 18.0 Å². The van der Waals surface area contributed by atoms with Crippen molar-refractivity contribution in [1.82, 2.24) is 9.29 Å². The highest BCUT2D eigenvalue weighted by Crippen LogP contribution is 2.21. The summed E-state index contributed by atoms with van der Waals surface area (Å²) in [5.41, 5.74) is -0.0000934. The monoisotopic (exact) mass is 400 g/mol. The van der Waals surface area contributed by atoms with Crippen LogP contribution in [-0.4, -0.2) is 37.3 Å². The third-order valence-electron chi connectivity index (χ3n) is 3.72. The molecule has 2 aromatic rings. The van der Waals surface area contributed by atoms with E-state index in [2.05, 4.69) is 9.72 Å². The second-order valence-electron chi connectivity index (χ2n) is 5.62. The van der Waals surface area contributed by atoms with Crippen LogP contribution in [0.1, 0.15) is 42.6 Å². The van der Waals surface area contributed by atoms with E-state index >= 15 is 0 Å². The molecular formula is C17H21ClN2O5S. The molecule has 0 saturated heterocycles. The highest BCUT2D eigenvalue weighted by atomic mass is 35.5. The van der Waals surface area contributed by atoms with Crippen molar-refractivity contribution in [1.29, 1.82) is 0 Å². The molecule has 7 nitrogen and oxygen atoms in total. The smallest absolute Gasteiger partial charge is 0.360 e. The van der Waals surface area contributed by atoms with Gasteiger partial charge in [-0.2, -0.15) is 4.31 Å². The van der Waals surface area contributed by atoms with Crippen LogP contribution in [0.5, 0.6) is 0 Å². The number of rotatable bonds is 9. The first-order valence-electron chi connectivity index (χ1n) is 8.17. The standard InChI is InChI=1S/C17H21ClN2O5S/c1-3-4-5-10-20(11-16-19-15(12-25-16)17(21)24-2)26(22,23)14-8-6-13(18)7-9-14/h6-9,12H,3-5,10-11H2,1-2H3. The summed E-state index contributed by atoms with van der Waals surface area (Å²) in [5, 5.41) is 0.455. The largest absolute Gasteiger partial charge is 0.464 e. The summed E-state index contributed by atoms with van der Waals surface area (Å²) in [6, 6.07) is 5.97. The lowest BCUT2D eigenvalue weighted by Gasteiger charge is -2.20. The molecule has 142 valence electrons. The zero-order chi connectivity index (χ0) is 19.2. The normalized spacial score (nSPS) is 11.7. The summed E-state index contributed by atoms with van der Waals surface area (Å²) in [7, 11) is -2.52. The molecule has 9 heteroatoms. The predicted molar refractivity (Wildman–Crippen MR) is 96.4 cm³/mol. The third kappa shape index (κ3) is 5.06. The fourth-order valence-corrected chi connectivity index (χ4v) is 3.86. The van der Waals surface area contributed by atoms with Gasteiger partial charge in [-0.1, -0.05) is 31.4 Å². The van der Waals surface area contributed by atoms with Gasteiger partial charge in [0.1, 0.15) is 6.26 Å². The second-order valence-corrected chi connectivity index (χ2v) is 7.99. The van der Waals surface area contributed by atoms with Gasteiger partial charge in [0.15, 0.2) is 5.69 Å². The van der Waals surface area contributed by atoms with Crippen molar-refractivity contribution < 1.29 is 22.4 Å². The number of sulfonamides is 1. The van der Waals surface area contributed by atoms with Crippen LogP contribution in [0.4, 0.5) is 0 Å². The second kappa shape index (κ2) is 9.16. The Bertz CT molecular complexity index is 833. The number of methoxy groups -OCH3 is 1. The zero-order valence-corrected chi connectivity index (χ0v) is 16.2. The Kier molecular flexibility index (Phi) is 7.19. The average Bonchev–Trinajstić information content (AvgIpc) is 3.09. The van der Waals surface area contributed by atoms with Crippen LogP contribution in [0.15, 0.2) is 39.8 Å². The maximum atomic E-state index is 13.0. The Labute approximate surface area is 158 Å². The highest BCUT2D eigenvalue weighted by molar-refractivity contribution is 7.89. The topological polar surface area (TPSA) is 89.7 Å². The Morgan fingerprint density at radius 1 is 1.27 bits per heavy atom. The van der Waals surface area contributed by atoms with Crippen molar-refractivity contribution in [3.63, 3.8) is 0 Å². The molecule has 0 aliphatic heterocycles. The molecule has 0 atom stereocenters. The van der Waals surface area contributed by atoms with Gasteiger partial charge in [-0.05, 0) is 30.7 Å². The molecule has 0 bridgehead atoms. The number of oxazole rings is 1. The molecule has 0 aliphatic carbocycles. The van der Waals surface area contributed by atoms with E-state index in [1.54, 1.807) is 0 Å². The first kappa shape index (κ1) is 20.4. The van der Waals surface area contributed by atoms with Crippen molar-refractivity contribution in [3.8, 4) is 0 Å². The zero-order valence-electron chi connectivity index (χ0n) is 14.6. The van der Waals surface area contributed by atoms with E-state index < -0.39 is 16.0 Å². The molecule has 1 heterocycles. The molecule has 0 aliphatic rings. The fraction of sp³-hybridized carbons (Fsp3) is 0.412. The number of esters is 1. The minimum atomic E-state index is -3.75. The summed E-state index contributed by atoms with van der Waals surface area (Å²) in [6.45, 7) is 2.27. The van der Waals surface area contributed by atoms with E-state index in [1.807, 2.05) is 6.92 Å². The van der Waals surface area contributed by atoms with E-state index in [0.717, 1.165) is 19.1 Å². The summed E-state index contributed by atoms with van der Waals surface area (Å²) in [6.07, 6.45) is 3.71. The Morgan fingerprint density at radius 2 is 1.96 bits per heavy atom. The van der Waals surface area contributed by atoms with E-state index in [9.17, 15) is 13.2 Å². The van der Waals surface area contributed by atoms with Crippen molar-refractivity contribution in [2.24, 2.45) is 0 Å². The number of nitrogens with zero attached hydrogens (tertiary/aromatic N) is 2. The highest BCUT2D eigenvalue weighted by Gasteiger charge is 2.26. The molecular weight excluding hydrogens is 380 g/mol. The van der Waals surface area contributed by atoms with Gasteiger partial charge in [0, 0.05) is 11.6 Å². The van der Waals surface area contributed by atoms with Crippen LogP contribution >= 0.6 is 11.6 Å². The van der Waals surface area contributed by atoms with E-state index in [4.69, 9.17) is 16.0 Å². The molecule has 0 spiro atoms. The lowest BCUT2D eigenvalue weighted by molar-refractivity contribution is 0.0594. The average molecular weight is 401 g/mol. The first-order valence-corrected chi connectivity index (χ1v) is 9.98. The van der Waals surface area contributed by atoms with Gasteiger partial charge >= 0.3 is 5.97 Å². The number of benzene rings is 1. The minimum absolute atomic E-state index is 0.0000934. The van der Waals surface area contributed by atoms with Crippen LogP contribution < -0.4 is 0 Å². The van der Waals surface area contributed by atoms with Crippen LogP contribution in [-0.2, 0) is 21.3 Å². The third-order valence-corrected chi connectivity index (χ3v) is 5.83. The van der Waals surface area contributed by atoms with Crippen LogP contribution in [0.3, 0.4) is 0 Å². The lowest BCUT2D eigenvalue weighted by atomic mass is 10.2. The summed E-state index contributed by atoms with van der Waals surface area (Å²) in [4.78, 5) is 15.6. The van der Waals surface area contributed by atoms with Gasteiger partial charge in [0.2, 0.25) is 15.9 Å². The molecule has 0 amide bonds. The van der Waals surface area contributed by atoms with Crippen molar-refractivity contribution in [2.75, 3.05) is 13.7 Å². The SMILES string of the molecule is CCCCCN(Cc1nc(C(=O)OC)co1)S(=O)(=O)c1ccc(Cl)cc1. The maximum Gasteiger partial charge on any atom is 0.360 e. The van der Waals surface area contributed by atoms with Crippen molar-refractivity contribution in [2.45, 2.75) is 37.6 Å². The summed E-state index contributed by atoms with van der Waals surface area (Å²) < 4.78 is 37.0. The number of halogens is 1. The Hall–Kier alpha value is -1.90. The number of hydrogen-bond donors (Lipinski definition) is 0.